The maximum Gasteiger partial charge on any atom is 0.400 e. The summed E-state index contributed by atoms with van der Waals surface area (Å²) in [4.78, 5) is 12.5. The Morgan fingerprint density at radius 3 is 2.50 bits per heavy atom. The Balaban J connectivity index is 2.57. The molecule has 3 nitrogen and oxygen atoms in total. The maximum atomic E-state index is 12.2. The lowest BCUT2D eigenvalue weighted by molar-refractivity contribution is -0.184. The van der Waals surface area contributed by atoms with Gasteiger partial charge in [0, 0.05) is 19.1 Å². The first-order valence-electron chi connectivity index (χ1n) is 4.43. The molecule has 1 aliphatic rings. The van der Waals surface area contributed by atoms with Gasteiger partial charge in [-0.25, -0.2) is 0 Å². The fourth-order valence-electron chi connectivity index (χ4n) is 1.40. The number of hydrogen-bond acceptors (Lipinski definition) is 2. The zero-order chi connectivity index (χ0) is 10.9. The number of alkyl halides is 3. The average Bonchev–Trinajstić information content (AvgIpc) is 2.47. The molecule has 2 N–H and O–H groups in total. The second kappa shape index (κ2) is 3.76. The van der Waals surface area contributed by atoms with Gasteiger partial charge in [0.2, 0.25) is 5.91 Å². The minimum atomic E-state index is -4.45. The average molecular weight is 210 g/mol. The fourth-order valence-corrected chi connectivity index (χ4v) is 1.40. The molecule has 82 valence electrons. The van der Waals surface area contributed by atoms with Crippen LogP contribution in [0.5, 0.6) is 0 Å². The summed E-state index contributed by atoms with van der Waals surface area (Å²) in [6.45, 7) is 1.45. The van der Waals surface area contributed by atoms with Gasteiger partial charge in [0.1, 0.15) is 5.92 Å². The monoisotopic (exact) mass is 210 g/mol. The van der Waals surface area contributed by atoms with Crippen molar-refractivity contribution in [1.82, 2.24) is 4.90 Å². The molecule has 0 saturated carbocycles. The lowest BCUT2D eigenvalue weighted by Gasteiger charge is -2.22. The molecular formula is C8H13F3N2O. The predicted octanol–water partition coefficient (Wildman–Crippen LogP) is 0.744. The third kappa shape index (κ3) is 2.37. The second-order valence-electron chi connectivity index (χ2n) is 3.60. The van der Waals surface area contributed by atoms with Crippen molar-refractivity contribution in [3.8, 4) is 0 Å². The highest BCUT2D eigenvalue weighted by molar-refractivity contribution is 5.79. The molecule has 0 bridgehead atoms. The van der Waals surface area contributed by atoms with Gasteiger partial charge in [0.05, 0.1) is 0 Å². The highest BCUT2D eigenvalue weighted by atomic mass is 19.4. The zero-order valence-electron chi connectivity index (χ0n) is 7.84. The summed E-state index contributed by atoms with van der Waals surface area (Å²) >= 11 is 0. The molecule has 1 rings (SSSR count). The predicted molar refractivity (Wildman–Crippen MR) is 44.4 cm³/mol. The molecule has 1 saturated heterocycles. The van der Waals surface area contributed by atoms with E-state index in [-0.39, 0.29) is 12.6 Å². The molecule has 0 aromatic heterocycles. The molecule has 0 spiro atoms. The third-order valence-corrected chi connectivity index (χ3v) is 2.40. The Kier molecular flexibility index (Phi) is 3.04. The number of carbonyl (C=O) groups is 1. The third-order valence-electron chi connectivity index (χ3n) is 2.40. The molecular weight excluding hydrogens is 197 g/mol. The lowest BCUT2D eigenvalue weighted by atomic mass is 10.1. The largest absolute Gasteiger partial charge is 0.400 e. The van der Waals surface area contributed by atoms with Crippen LogP contribution in [0.4, 0.5) is 13.2 Å². The van der Waals surface area contributed by atoms with Gasteiger partial charge in [-0.1, -0.05) is 0 Å². The quantitative estimate of drug-likeness (QED) is 0.694. The van der Waals surface area contributed by atoms with E-state index in [0.29, 0.717) is 13.0 Å². The molecule has 1 unspecified atom stereocenters. The molecule has 2 atom stereocenters. The van der Waals surface area contributed by atoms with Crippen LogP contribution in [-0.4, -0.2) is 36.1 Å². The molecule has 0 aromatic carbocycles. The first kappa shape index (κ1) is 11.3. The van der Waals surface area contributed by atoms with Gasteiger partial charge in [-0.3, -0.25) is 4.79 Å². The van der Waals surface area contributed by atoms with E-state index in [2.05, 4.69) is 0 Å². The van der Waals surface area contributed by atoms with E-state index in [1.807, 2.05) is 0 Å². The van der Waals surface area contributed by atoms with E-state index < -0.39 is 18.0 Å². The Bertz CT molecular complexity index is 229. The molecule has 0 aliphatic carbocycles. The van der Waals surface area contributed by atoms with Crippen molar-refractivity contribution in [2.24, 2.45) is 11.7 Å². The van der Waals surface area contributed by atoms with E-state index in [0.717, 1.165) is 6.92 Å². The van der Waals surface area contributed by atoms with E-state index in [4.69, 9.17) is 5.73 Å². The number of amides is 1. The van der Waals surface area contributed by atoms with Crippen LogP contribution >= 0.6 is 0 Å². The number of halogens is 3. The Hall–Kier alpha value is -0.780. The normalized spacial score (nSPS) is 25.2. The summed E-state index contributed by atoms with van der Waals surface area (Å²) in [7, 11) is 0. The van der Waals surface area contributed by atoms with Crippen LogP contribution in [-0.2, 0) is 4.79 Å². The van der Waals surface area contributed by atoms with Gasteiger partial charge in [-0.05, 0) is 13.3 Å². The number of carbonyl (C=O) groups excluding carboxylic acids is 1. The van der Waals surface area contributed by atoms with E-state index in [9.17, 15) is 18.0 Å². The van der Waals surface area contributed by atoms with Crippen molar-refractivity contribution in [1.29, 1.82) is 0 Å². The van der Waals surface area contributed by atoms with E-state index in [1.54, 1.807) is 0 Å². The number of nitrogens with zero attached hydrogens (tertiary/aromatic N) is 1. The summed E-state index contributed by atoms with van der Waals surface area (Å²) in [5, 5.41) is 0. The Labute approximate surface area is 80.0 Å². The van der Waals surface area contributed by atoms with Gasteiger partial charge in [-0.2, -0.15) is 13.2 Å². The van der Waals surface area contributed by atoms with Crippen LogP contribution in [0.2, 0.25) is 0 Å². The summed E-state index contributed by atoms with van der Waals surface area (Å²) in [6, 6.07) is -0.181. The highest BCUT2D eigenvalue weighted by Crippen LogP contribution is 2.28. The smallest absolute Gasteiger partial charge is 0.341 e. The summed E-state index contributed by atoms with van der Waals surface area (Å²) in [5.74, 6) is -2.79. The van der Waals surface area contributed by atoms with Gasteiger partial charge in [-0.15, -0.1) is 0 Å². The van der Waals surface area contributed by atoms with E-state index >= 15 is 0 Å². The summed E-state index contributed by atoms with van der Waals surface area (Å²) in [5.41, 5.74) is 5.50. The topological polar surface area (TPSA) is 46.3 Å². The van der Waals surface area contributed by atoms with Crippen molar-refractivity contribution >= 4 is 5.91 Å². The van der Waals surface area contributed by atoms with Crippen LogP contribution in [0, 0.1) is 5.92 Å². The molecule has 14 heavy (non-hydrogen) atoms. The van der Waals surface area contributed by atoms with Crippen LogP contribution in [0.3, 0.4) is 0 Å². The Morgan fingerprint density at radius 1 is 1.57 bits per heavy atom. The van der Waals surface area contributed by atoms with Crippen molar-refractivity contribution in [2.75, 3.05) is 13.1 Å². The number of hydrogen-bond donors (Lipinski definition) is 1. The van der Waals surface area contributed by atoms with Crippen molar-refractivity contribution in [3.63, 3.8) is 0 Å². The number of rotatable bonds is 1. The standard InChI is InChI=1S/C8H13F3N2O/c1-5(8(9,10)11)7(14)13-3-2-6(12)4-13/h5-6H,2-4,12H2,1H3/t5?,6-/m1/s1. The number of nitrogens with two attached hydrogens (primary N) is 1. The second-order valence-corrected chi connectivity index (χ2v) is 3.60. The Morgan fingerprint density at radius 2 is 2.14 bits per heavy atom. The summed E-state index contributed by atoms with van der Waals surface area (Å²) < 4.78 is 36.5. The SMILES string of the molecule is CC(C(=O)N1CC[C@@H](N)C1)C(F)(F)F. The van der Waals surface area contributed by atoms with Gasteiger partial charge in [0.15, 0.2) is 0 Å². The van der Waals surface area contributed by atoms with Crippen LogP contribution in [0.25, 0.3) is 0 Å². The molecule has 0 aromatic rings. The first-order chi connectivity index (χ1) is 6.32. The van der Waals surface area contributed by atoms with Crippen LogP contribution < -0.4 is 5.73 Å². The van der Waals surface area contributed by atoms with Crippen molar-refractivity contribution in [2.45, 2.75) is 25.6 Å². The van der Waals surface area contributed by atoms with Gasteiger partial charge in [0.25, 0.3) is 0 Å². The highest BCUT2D eigenvalue weighted by Gasteiger charge is 2.43. The molecule has 1 fully saturated rings. The fraction of sp³-hybridized carbons (Fsp3) is 0.875. The van der Waals surface area contributed by atoms with Crippen LogP contribution in [0.15, 0.2) is 0 Å². The lowest BCUT2D eigenvalue weighted by Crippen LogP contribution is -2.40. The van der Waals surface area contributed by atoms with Crippen molar-refractivity contribution < 1.29 is 18.0 Å². The number of likely N-dealkylation sites (tertiary alicyclic amines) is 1. The summed E-state index contributed by atoms with van der Waals surface area (Å²) in [6.07, 6.45) is -3.87. The first-order valence-corrected chi connectivity index (χ1v) is 4.43. The molecule has 1 amide bonds. The van der Waals surface area contributed by atoms with Crippen molar-refractivity contribution in [3.05, 3.63) is 0 Å². The minimum Gasteiger partial charge on any atom is -0.341 e. The molecule has 6 heteroatoms. The van der Waals surface area contributed by atoms with E-state index in [1.165, 1.54) is 4.90 Å². The molecule has 1 heterocycles. The molecule has 1 aliphatic heterocycles. The van der Waals surface area contributed by atoms with Crippen LogP contribution in [0.1, 0.15) is 13.3 Å². The van der Waals surface area contributed by atoms with Gasteiger partial charge >= 0.3 is 6.18 Å². The molecule has 0 radical (unpaired) electrons. The zero-order valence-corrected chi connectivity index (χ0v) is 7.84. The maximum absolute atomic E-state index is 12.2. The van der Waals surface area contributed by atoms with Gasteiger partial charge < -0.3 is 10.6 Å². The minimum absolute atomic E-state index is 0.181.